The van der Waals surface area contributed by atoms with Gasteiger partial charge in [-0.25, -0.2) is 8.42 Å². The van der Waals surface area contributed by atoms with Crippen molar-refractivity contribution in [2.24, 2.45) is 5.41 Å². The molecule has 1 N–H and O–H groups in total. The number of rotatable bonds is 7. The van der Waals surface area contributed by atoms with Crippen LogP contribution in [-0.2, 0) is 16.4 Å². The normalized spacial score (nSPS) is 24.0. The molecule has 2 aliphatic rings. The molecule has 2 fully saturated rings. The third-order valence-electron chi connectivity index (χ3n) is 5.28. The summed E-state index contributed by atoms with van der Waals surface area (Å²) < 4.78 is 23.8. The first-order valence-corrected chi connectivity index (χ1v) is 11.0. The zero-order chi connectivity index (χ0) is 15.6. The molecule has 4 nitrogen and oxygen atoms in total. The van der Waals surface area contributed by atoms with Gasteiger partial charge in [0.2, 0.25) is 0 Å². The monoisotopic (exact) mass is 342 g/mol. The summed E-state index contributed by atoms with van der Waals surface area (Å²) in [6.07, 6.45) is 3.71. The zero-order valence-electron chi connectivity index (χ0n) is 13.3. The highest BCUT2D eigenvalue weighted by molar-refractivity contribution is 7.91. The molecule has 1 aromatic rings. The Kier molecular flexibility index (Phi) is 4.92. The van der Waals surface area contributed by atoms with Crippen LogP contribution in [0.4, 0.5) is 0 Å². The van der Waals surface area contributed by atoms with Gasteiger partial charge in [-0.2, -0.15) is 11.3 Å². The number of nitrogens with zero attached hydrogens (tertiary/aromatic N) is 1. The minimum absolute atomic E-state index is 0.249. The molecule has 124 valence electrons. The third kappa shape index (κ3) is 3.72. The fourth-order valence-electron chi connectivity index (χ4n) is 3.67. The van der Waals surface area contributed by atoms with Gasteiger partial charge in [0, 0.05) is 24.9 Å². The maximum absolute atomic E-state index is 11.9. The Morgan fingerprint density at radius 3 is 2.82 bits per heavy atom. The van der Waals surface area contributed by atoms with Crippen LogP contribution in [0.15, 0.2) is 16.8 Å². The summed E-state index contributed by atoms with van der Waals surface area (Å²) in [4.78, 5) is 2.43. The summed E-state index contributed by atoms with van der Waals surface area (Å²) in [7, 11) is -2.89. The predicted molar refractivity (Wildman–Crippen MR) is 92.0 cm³/mol. The Labute approximate surface area is 137 Å². The Morgan fingerprint density at radius 2 is 2.18 bits per heavy atom. The number of nitrogens with one attached hydrogen (secondary N) is 1. The maximum atomic E-state index is 11.9. The summed E-state index contributed by atoms with van der Waals surface area (Å²) in [5.41, 5.74) is 1.77. The molecule has 1 atom stereocenters. The van der Waals surface area contributed by atoms with E-state index in [1.54, 1.807) is 18.3 Å². The highest BCUT2D eigenvalue weighted by Gasteiger charge is 2.56. The molecule has 3 rings (SSSR count). The van der Waals surface area contributed by atoms with E-state index in [1.165, 1.54) is 24.8 Å². The van der Waals surface area contributed by atoms with Gasteiger partial charge in [0.05, 0.1) is 5.75 Å². The summed E-state index contributed by atoms with van der Waals surface area (Å²) in [5.74, 6) is 0.539. The topological polar surface area (TPSA) is 49.4 Å². The van der Waals surface area contributed by atoms with Crippen molar-refractivity contribution in [1.82, 2.24) is 10.2 Å². The minimum atomic E-state index is -2.89. The van der Waals surface area contributed by atoms with Gasteiger partial charge in [0.15, 0.2) is 9.84 Å². The first kappa shape index (κ1) is 16.4. The van der Waals surface area contributed by atoms with Gasteiger partial charge in [0.25, 0.3) is 0 Å². The molecule has 0 aromatic carbocycles. The van der Waals surface area contributed by atoms with Crippen LogP contribution in [0.25, 0.3) is 0 Å². The summed E-state index contributed by atoms with van der Waals surface area (Å²) >= 11 is 1.71. The number of piperidine rings is 1. The van der Waals surface area contributed by atoms with Crippen molar-refractivity contribution in [2.75, 3.05) is 31.1 Å². The van der Waals surface area contributed by atoms with Crippen LogP contribution in [-0.4, -0.2) is 50.5 Å². The Bertz CT molecular complexity index is 577. The Balaban J connectivity index is 1.67. The lowest BCUT2D eigenvalue weighted by molar-refractivity contribution is 0.205. The van der Waals surface area contributed by atoms with Crippen LogP contribution in [0.2, 0.25) is 0 Å². The van der Waals surface area contributed by atoms with Crippen LogP contribution in [0.3, 0.4) is 0 Å². The second-order valence-electron chi connectivity index (χ2n) is 6.67. The van der Waals surface area contributed by atoms with Crippen molar-refractivity contribution in [2.45, 2.75) is 38.8 Å². The molecule has 1 spiro atoms. The van der Waals surface area contributed by atoms with Crippen molar-refractivity contribution in [1.29, 1.82) is 0 Å². The molecule has 1 aromatic heterocycles. The highest BCUT2D eigenvalue weighted by Crippen LogP contribution is 2.55. The van der Waals surface area contributed by atoms with E-state index >= 15 is 0 Å². The van der Waals surface area contributed by atoms with Gasteiger partial charge in [0.1, 0.15) is 0 Å². The predicted octanol–water partition coefficient (Wildman–Crippen LogP) is 2.13. The van der Waals surface area contributed by atoms with Crippen molar-refractivity contribution in [3.63, 3.8) is 0 Å². The van der Waals surface area contributed by atoms with Crippen molar-refractivity contribution in [3.05, 3.63) is 22.4 Å². The molecule has 1 saturated carbocycles. The summed E-state index contributed by atoms with van der Waals surface area (Å²) in [5, 5.41) is 7.72. The van der Waals surface area contributed by atoms with Crippen LogP contribution >= 0.6 is 11.3 Å². The van der Waals surface area contributed by atoms with Crippen LogP contribution in [0.5, 0.6) is 0 Å². The van der Waals surface area contributed by atoms with E-state index in [1.807, 2.05) is 0 Å². The molecule has 0 radical (unpaired) electrons. The van der Waals surface area contributed by atoms with E-state index < -0.39 is 9.84 Å². The van der Waals surface area contributed by atoms with E-state index in [0.29, 0.717) is 23.8 Å². The SMILES string of the molecule is CCS(=O)(=O)CCN(Cc1ccsc1)C1CC12CCNCC2. The lowest BCUT2D eigenvalue weighted by Crippen LogP contribution is -2.38. The van der Waals surface area contributed by atoms with E-state index in [-0.39, 0.29) is 5.75 Å². The quantitative estimate of drug-likeness (QED) is 0.825. The Hall–Kier alpha value is -0.430. The average molecular weight is 343 g/mol. The zero-order valence-corrected chi connectivity index (χ0v) is 14.9. The lowest BCUT2D eigenvalue weighted by Gasteiger charge is -2.29. The molecular formula is C16H26N2O2S2. The number of thiophene rings is 1. The summed E-state index contributed by atoms with van der Waals surface area (Å²) in [6, 6.07) is 2.73. The lowest BCUT2D eigenvalue weighted by atomic mass is 9.93. The van der Waals surface area contributed by atoms with E-state index in [2.05, 4.69) is 27.0 Å². The average Bonchev–Trinajstić information content (AvgIpc) is 2.97. The molecule has 6 heteroatoms. The largest absolute Gasteiger partial charge is 0.317 e. The van der Waals surface area contributed by atoms with Gasteiger partial charge in [-0.05, 0) is 60.2 Å². The van der Waals surface area contributed by atoms with Gasteiger partial charge < -0.3 is 5.32 Å². The van der Waals surface area contributed by atoms with Gasteiger partial charge >= 0.3 is 0 Å². The van der Waals surface area contributed by atoms with Crippen LogP contribution in [0, 0.1) is 5.41 Å². The van der Waals surface area contributed by atoms with Gasteiger partial charge in [-0.3, -0.25) is 4.90 Å². The first-order valence-electron chi connectivity index (χ1n) is 8.21. The minimum Gasteiger partial charge on any atom is -0.317 e. The highest BCUT2D eigenvalue weighted by atomic mass is 32.2. The molecule has 2 heterocycles. The molecule has 1 aliphatic heterocycles. The Morgan fingerprint density at radius 1 is 1.41 bits per heavy atom. The van der Waals surface area contributed by atoms with E-state index in [0.717, 1.165) is 19.6 Å². The number of hydrogen-bond acceptors (Lipinski definition) is 5. The number of hydrogen-bond donors (Lipinski definition) is 1. The maximum Gasteiger partial charge on any atom is 0.151 e. The van der Waals surface area contributed by atoms with Crippen LogP contribution < -0.4 is 5.32 Å². The van der Waals surface area contributed by atoms with Crippen molar-refractivity contribution < 1.29 is 8.42 Å². The molecule has 0 bridgehead atoms. The fraction of sp³-hybridized carbons (Fsp3) is 0.750. The molecule has 1 aliphatic carbocycles. The molecule has 0 amide bonds. The standard InChI is InChI=1S/C16H26N2O2S2/c1-2-22(19,20)10-8-18(12-14-3-9-21-13-14)15-11-16(15)4-6-17-7-5-16/h3,9,13,15,17H,2,4-8,10-12H2,1H3. The smallest absolute Gasteiger partial charge is 0.151 e. The van der Waals surface area contributed by atoms with Gasteiger partial charge in [-0.1, -0.05) is 6.92 Å². The van der Waals surface area contributed by atoms with Crippen LogP contribution in [0.1, 0.15) is 31.7 Å². The summed E-state index contributed by atoms with van der Waals surface area (Å²) in [6.45, 7) is 5.52. The van der Waals surface area contributed by atoms with E-state index in [4.69, 9.17) is 0 Å². The first-order chi connectivity index (χ1) is 10.5. The molecular weight excluding hydrogens is 316 g/mol. The third-order valence-corrected chi connectivity index (χ3v) is 7.70. The molecule has 1 unspecified atom stereocenters. The second-order valence-corrected chi connectivity index (χ2v) is 9.92. The van der Waals surface area contributed by atoms with Crippen molar-refractivity contribution in [3.8, 4) is 0 Å². The van der Waals surface area contributed by atoms with Gasteiger partial charge in [-0.15, -0.1) is 0 Å². The molecule has 22 heavy (non-hydrogen) atoms. The van der Waals surface area contributed by atoms with Crippen molar-refractivity contribution >= 4 is 21.2 Å². The second kappa shape index (κ2) is 6.59. The van der Waals surface area contributed by atoms with E-state index in [9.17, 15) is 8.42 Å². The number of sulfone groups is 1. The molecule has 1 saturated heterocycles. The fourth-order valence-corrected chi connectivity index (χ4v) is 5.13.